The van der Waals surface area contributed by atoms with Crippen molar-refractivity contribution in [3.05, 3.63) is 34.9 Å². The molecule has 1 aromatic carbocycles. The SMILES string of the molecule is COC(=O)C(O)(Cc1ccc(F)c(C)c1F)C(F)(F)F. The number of methoxy groups -OCH3 is 1. The van der Waals surface area contributed by atoms with Gasteiger partial charge in [-0.05, 0) is 18.6 Å². The van der Waals surface area contributed by atoms with Crippen LogP contribution >= 0.6 is 0 Å². The number of hydrogen-bond donors (Lipinski definition) is 1. The minimum Gasteiger partial charge on any atom is -0.467 e. The zero-order valence-electron chi connectivity index (χ0n) is 10.5. The van der Waals surface area contributed by atoms with Gasteiger partial charge < -0.3 is 9.84 Å². The van der Waals surface area contributed by atoms with Crippen LogP contribution in [0.5, 0.6) is 0 Å². The molecule has 1 N–H and O–H groups in total. The molecule has 0 saturated heterocycles. The van der Waals surface area contributed by atoms with Crippen molar-refractivity contribution in [2.24, 2.45) is 0 Å². The second-order valence-corrected chi connectivity index (χ2v) is 4.17. The van der Waals surface area contributed by atoms with Crippen LogP contribution in [0.4, 0.5) is 22.0 Å². The van der Waals surface area contributed by atoms with Crippen LogP contribution in [0.25, 0.3) is 0 Å². The van der Waals surface area contributed by atoms with Gasteiger partial charge in [0.1, 0.15) is 11.6 Å². The van der Waals surface area contributed by atoms with E-state index in [1.807, 2.05) is 0 Å². The van der Waals surface area contributed by atoms with Gasteiger partial charge in [0.15, 0.2) is 0 Å². The highest BCUT2D eigenvalue weighted by molar-refractivity contribution is 5.80. The average Bonchev–Trinajstić information content (AvgIpc) is 2.37. The largest absolute Gasteiger partial charge is 0.467 e. The highest BCUT2D eigenvalue weighted by Crippen LogP contribution is 2.35. The van der Waals surface area contributed by atoms with Gasteiger partial charge in [0.2, 0.25) is 0 Å². The maximum Gasteiger partial charge on any atom is 0.428 e. The van der Waals surface area contributed by atoms with Crippen molar-refractivity contribution in [3.8, 4) is 0 Å². The molecule has 20 heavy (non-hydrogen) atoms. The molecular weight excluding hydrogens is 287 g/mol. The summed E-state index contributed by atoms with van der Waals surface area (Å²) in [5.41, 5.74) is -5.04. The van der Waals surface area contributed by atoms with E-state index in [9.17, 15) is 31.9 Å². The summed E-state index contributed by atoms with van der Waals surface area (Å²) in [6.45, 7) is 1.03. The van der Waals surface area contributed by atoms with Crippen molar-refractivity contribution in [2.75, 3.05) is 7.11 Å². The molecule has 1 atom stereocenters. The Morgan fingerprint density at radius 3 is 2.30 bits per heavy atom. The maximum absolute atomic E-state index is 13.7. The van der Waals surface area contributed by atoms with Gasteiger partial charge in [0.05, 0.1) is 7.11 Å². The fraction of sp³-hybridized carbons (Fsp3) is 0.417. The fourth-order valence-corrected chi connectivity index (χ4v) is 1.59. The zero-order chi connectivity index (χ0) is 15.7. The van der Waals surface area contributed by atoms with Gasteiger partial charge in [0.25, 0.3) is 5.60 Å². The first-order valence-corrected chi connectivity index (χ1v) is 5.35. The molecule has 0 aromatic heterocycles. The summed E-state index contributed by atoms with van der Waals surface area (Å²) in [6, 6.07) is 1.49. The molecule has 0 heterocycles. The molecule has 0 fully saturated rings. The van der Waals surface area contributed by atoms with Gasteiger partial charge in [-0.3, -0.25) is 0 Å². The first-order valence-electron chi connectivity index (χ1n) is 5.35. The van der Waals surface area contributed by atoms with Crippen molar-refractivity contribution in [2.45, 2.75) is 25.1 Å². The maximum atomic E-state index is 13.7. The number of carbonyl (C=O) groups excluding carboxylic acids is 1. The first-order chi connectivity index (χ1) is 9.04. The van der Waals surface area contributed by atoms with Gasteiger partial charge >= 0.3 is 12.1 Å². The van der Waals surface area contributed by atoms with Crippen molar-refractivity contribution in [3.63, 3.8) is 0 Å². The molecule has 0 aliphatic heterocycles. The molecule has 3 nitrogen and oxygen atoms in total. The Bertz CT molecular complexity index is 527. The van der Waals surface area contributed by atoms with E-state index in [0.29, 0.717) is 7.11 Å². The van der Waals surface area contributed by atoms with E-state index in [1.54, 1.807) is 0 Å². The Morgan fingerprint density at radius 1 is 1.30 bits per heavy atom. The summed E-state index contributed by atoms with van der Waals surface area (Å²) in [4.78, 5) is 11.2. The number of alkyl halides is 3. The molecule has 0 spiro atoms. The molecule has 8 heteroatoms. The van der Waals surface area contributed by atoms with Crippen molar-refractivity contribution in [1.82, 2.24) is 0 Å². The monoisotopic (exact) mass is 298 g/mol. The summed E-state index contributed by atoms with van der Waals surface area (Å²) in [5, 5.41) is 9.49. The lowest BCUT2D eigenvalue weighted by Crippen LogP contribution is -2.54. The standard InChI is InChI=1S/C12H11F5O3/c1-6-8(13)4-3-7(9(6)14)5-11(19,10(18)20-2)12(15,16)17/h3-4,19H,5H2,1-2H3. The Hall–Kier alpha value is -1.70. The molecule has 1 unspecified atom stereocenters. The minimum absolute atomic E-state index is 0.503. The lowest BCUT2D eigenvalue weighted by molar-refractivity contribution is -0.261. The smallest absolute Gasteiger partial charge is 0.428 e. The summed E-state index contributed by atoms with van der Waals surface area (Å²) >= 11 is 0. The molecule has 1 aromatic rings. The van der Waals surface area contributed by atoms with Crippen molar-refractivity contribution in [1.29, 1.82) is 0 Å². The van der Waals surface area contributed by atoms with E-state index >= 15 is 0 Å². The van der Waals surface area contributed by atoms with E-state index in [0.717, 1.165) is 19.1 Å². The van der Waals surface area contributed by atoms with E-state index in [4.69, 9.17) is 0 Å². The average molecular weight is 298 g/mol. The Labute approximate surface area is 111 Å². The number of hydrogen-bond acceptors (Lipinski definition) is 3. The van der Waals surface area contributed by atoms with Gasteiger partial charge in [-0.1, -0.05) is 6.07 Å². The van der Waals surface area contributed by atoms with Crippen molar-refractivity contribution >= 4 is 5.97 Å². The zero-order valence-corrected chi connectivity index (χ0v) is 10.5. The van der Waals surface area contributed by atoms with Crippen LogP contribution in [-0.2, 0) is 16.0 Å². The van der Waals surface area contributed by atoms with Crippen LogP contribution in [0.15, 0.2) is 12.1 Å². The van der Waals surface area contributed by atoms with Crippen LogP contribution in [0.1, 0.15) is 11.1 Å². The minimum atomic E-state index is -5.37. The molecular formula is C12H11F5O3. The molecule has 0 saturated carbocycles. The first kappa shape index (κ1) is 16.4. The molecule has 0 radical (unpaired) electrons. The van der Waals surface area contributed by atoms with E-state index in [1.165, 1.54) is 0 Å². The molecule has 0 aliphatic rings. The highest BCUT2D eigenvalue weighted by Gasteiger charge is 2.60. The summed E-state index contributed by atoms with van der Waals surface area (Å²) in [5.74, 6) is -4.16. The Balaban J connectivity index is 3.29. The predicted octanol–water partition coefficient (Wildman–Crippen LogP) is 2.28. The number of aliphatic hydroxyl groups is 1. The van der Waals surface area contributed by atoms with Crippen LogP contribution in [0.2, 0.25) is 0 Å². The lowest BCUT2D eigenvalue weighted by atomic mass is 9.92. The van der Waals surface area contributed by atoms with Gasteiger partial charge in [-0.25, -0.2) is 13.6 Å². The van der Waals surface area contributed by atoms with Crippen molar-refractivity contribution < 1.29 is 36.6 Å². The lowest BCUT2D eigenvalue weighted by Gasteiger charge is -2.27. The predicted molar refractivity (Wildman–Crippen MR) is 57.8 cm³/mol. The summed E-state index contributed by atoms with van der Waals surface area (Å²) < 4.78 is 69.0. The van der Waals surface area contributed by atoms with E-state index in [-0.39, 0.29) is 0 Å². The number of rotatable bonds is 3. The third-order valence-corrected chi connectivity index (χ3v) is 2.84. The molecule has 112 valence electrons. The van der Waals surface area contributed by atoms with Gasteiger partial charge in [-0.2, -0.15) is 13.2 Å². The molecule has 1 rings (SSSR count). The Kier molecular flexibility index (Phi) is 4.38. The third-order valence-electron chi connectivity index (χ3n) is 2.84. The van der Waals surface area contributed by atoms with Crippen LogP contribution in [0.3, 0.4) is 0 Å². The molecule has 0 amide bonds. The number of benzene rings is 1. The second kappa shape index (κ2) is 5.35. The van der Waals surface area contributed by atoms with Gasteiger partial charge in [-0.15, -0.1) is 0 Å². The van der Waals surface area contributed by atoms with Gasteiger partial charge in [0, 0.05) is 12.0 Å². The van der Waals surface area contributed by atoms with E-state index < -0.39 is 46.9 Å². The van der Waals surface area contributed by atoms with Crippen LogP contribution in [-0.4, -0.2) is 30.0 Å². The molecule has 0 bridgehead atoms. The van der Waals surface area contributed by atoms with E-state index in [2.05, 4.69) is 4.74 Å². The normalized spacial score (nSPS) is 14.8. The number of esters is 1. The number of carbonyl (C=O) groups is 1. The Morgan fingerprint density at radius 2 is 1.85 bits per heavy atom. The number of halogens is 5. The highest BCUT2D eigenvalue weighted by atomic mass is 19.4. The second-order valence-electron chi connectivity index (χ2n) is 4.17. The third kappa shape index (κ3) is 2.74. The fourth-order valence-electron chi connectivity index (χ4n) is 1.59. The van der Waals surface area contributed by atoms with Crippen LogP contribution < -0.4 is 0 Å². The summed E-state index contributed by atoms with van der Waals surface area (Å²) in [6.07, 6.45) is -6.77. The topological polar surface area (TPSA) is 46.5 Å². The number of ether oxygens (including phenoxy) is 1. The van der Waals surface area contributed by atoms with Crippen LogP contribution in [0, 0.1) is 18.6 Å². The quantitative estimate of drug-likeness (QED) is 0.688. The molecule has 0 aliphatic carbocycles. The summed E-state index contributed by atoms with van der Waals surface area (Å²) in [7, 11) is 0.658.